The van der Waals surface area contributed by atoms with Crippen LogP contribution in [-0.2, 0) is 10.0 Å². The van der Waals surface area contributed by atoms with Crippen LogP contribution in [0.4, 0.5) is 0 Å². The number of nitrogens with zero attached hydrogens (tertiary/aromatic N) is 2. The molecule has 2 atom stereocenters. The van der Waals surface area contributed by atoms with Crippen LogP contribution in [0, 0.1) is 5.92 Å². The Labute approximate surface area is 114 Å². The van der Waals surface area contributed by atoms with Gasteiger partial charge in [0.2, 0.25) is 10.0 Å². The van der Waals surface area contributed by atoms with Crippen molar-refractivity contribution in [2.75, 3.05) is 19.6 Å². The predicted octanol–water partition coefficient (Wildman–Crippen LogP) is 0.457. The zero-order valence-corrected chi connectivity index (χ0v) is 11.9. The van der Waals surface area contributed by atoms with Crippen LogP contribution in [0.5, 0.6) is 0 Å². The van der Waals surface area contributed by atoms with Crippen LogP contribution in [0.2, 0.25) is 0 Å². The Hall–Kier alpha value is -1.05. The Morgan fingerprint density at radius 2 is 2.37 bits per heavy atom. The lowest BCUT2D eigenvalue weighted by molar-refractivity contribution is 0.375. The second-order valence-electron chi connectivity index (χ2n) is 4.88. The molecule has 0 aromatic carbocycles. The van der Waals surface area contributed by atoms with Crippen molar-refractivity contribution >= 4 is 10.0 Å². The van der Waals surface area contributed by atoms with Crippen LogP contribution < -0.4 is 10.0 Å². The summed E-state index contributed by atoms with van der Waals surface area (Å²) < 4.78 is 27.0. The molecule has 1 aromatic heterocycles. The molecule has 1 saturated heterocycles. The van der Waals surface area contributed by atoms with Crippen molar-refractivity contribution in [1.82, 2.24) is 20.0 Å². The summed E-state index contributed by atoms with van der Waals surface area (Å²) in [6.45, 7) is 4.02. The van der Waals surface area contributed by atoms with E-state index in [1.54, 1.807) is 6.92 Å². The van der Waals surface area contributed by atoms with Crippen LogP contribution in [0.15, 0.2) is 18.6 Å². The first-order valence-corrected chi connectivity index (χ1v) is 8.09. The molecule has 106 valence electrons. The molecular weight excluding hydrogens is 264 g/mol. The van der Waals surface area contributed by atoms with Gasteiger partial charge in [0.1, 0.15) is 5.25 Å². The first-order chi connectivity index (χ1) is 9.09. The molecule has 2 rings (SSSR count). The molecule has 1 fully saturated rings. The van der Waals surface area contributed by atoms with Gasteiger partial charge < -0.3 is 5.32 Å². The molecule has 0 amide bonds. The standard InChI is InChI=1S/C12H20N4O2S/c1-10(12-9-14-5-6-15-12)19(17,18)16-8-11-3-2-4-13-7-11/h5-6,9-11,13,16H,2-4,7-8H2,1H3. The highest BCUT2D eigenvalue weighted by atomic mass is 32.2. The third-order valence-corrected chi connectivity index (χ3v) is 5.18. The van der Waals surface area contributed by atoms with E-state index in [0.717, 1.165) is 25.9 Å². The lowest BCUT2D eigenvalue weighted by atomic mass is 10.0. The number of hydrogen-bond donors (Lipinski definition) is 2. The van der Waals surface area contributed by atoms with E-state index in [2.05, 4.69) is 20.0 Å². The molecular formula is C12H20N4O2S. The smallest absolute Gasteiger partial charge is 0.220 e. The number of piperidine rings is 1. The lowest BCUT2D eigenvalue weighted by Crippen LogP contribution is -2.39. The third kappa shape index (κ3) is 3.95. The van der Waals surface area contributed by atoms with E-state index in [9.17, 15) is 8.42 Å². The Morgan fingerprint density at radius 1 is 1.53 bits per heavy atom. The van der Waals surface area contributed by atoms with Crippen LogP contribution in [-0.4, -0.2) is 38.0 Å². The van der Waals surface area contributed by atoms with Crippen molar-refractivity contribution in [1.29, 1.82) is 0 Å². The molecule has 7 heteroatoms. The zero-order chi connectivity index (χ0) is 13.7. The van der Waals surface area contributed by atoms with Gasteiger partial charge in [-0.15, -0.1) is 0 Å². The maximum Gasteiger partial charge on any atom is 0.220 e. The second-order valence-corrected chi connectivity index (χ2v) is 6.96. The van der Waals surface area contributed by atoms with Gasteiger partial charge in [0.25, 0.3) is 0 Å². The largest absolute Gasteiger partial charge is 0.316 e. The van der Waals surface area contributed by atoms with Crippen molar-refractivity contribution in [2.45, 2.75) is 25.0 Å². The maximum atomic E-state index is 12.2. The molecule has 0 spiro atoms. The normalized spacial score (nSPS) is 22.1. The van der Waals surface area contributed by atoms with E-state index in [1.165, 1.54) is 18.6 Å². The van der Waals surface area contributed by atoms with Crippen LogP contribution in [0.1, 0.15) is 30.7 Å². The SMILES string of the molecule is CC(c1cnccn1)S(=O)(=O)NCC1CCCNC1. The summed E-state index contributed by atoms with van der Waals surface area (Å²) in [6, 6.07) is 0. The fraction of sp³-hybridized carbons (Fsp3) is 0.667. The summed E-state index contributed by atoms with van der Waals surface area (Å²) in [5.74, 6) is 0.373. The molecule has 1 aliphatic heterocycles. The molecule has 2 unspecified atom stereocenters. The van der Waals surface area contributed by atoms with Gasteiger partial charge in [-0.05, 0) is 38.8 Å². The minimum Gasteiger partial charge on any atom is -0.316 e. The Bertz CT molecular complexity index is 486. The molecule has 0 saturated carbocycles. The molecule has 0 radical (unpaired) electrons. The Kier molecular flexibility index (Phi) is 4.84. The average Bonchev–Trinajstić information content (AvgIpc) is 2.46. The highest BCUT2D eigenvalue weighted by Crippen LogP contribution is 2.18. The van der Waals surface area contributed by atoms with Crippen molar-refractivity contribution in [3.05, 3.63) is 24.3 Å². The third-order valence-electron chi connectivity index (χ3n) is 3.44. The first kappa shape index (κ1) is 14.4. The summed E-state index contributed by atoms with van der Waals surface area (Å²) in [4.78, 5) is 7.95. The number of aromatic nitrogens is 2. The molecule has 19 heavy (non-hydrogen) atoms. The van der Waals surface area contributed by atoms with Gasteiger partial charge >= 0.3 is 0 Å². The first-order valence-electron chi connectivity index (χ1n) is 6.54. The highest BCUT2D eigenvalue weighted by molar-refractivity contribution is 7.89. The summed E-state index contributed by atoms with van der Waals surface area (Å²) in [7, 11) is -3.39. The van der Waals surface area contributed by atoms with Gasteiger partial charge in [0, 0.05) is 25.1 Å². The van der Waals surface area contributed by atoms with E-state index < -0.39 is 15.3 Å². The molecule has 1 aromatic rings. The lowest BCUT2D eigenvalue weighted by Gasteiger charge is -2.23. The fourth-order valence-electron chi connectivity index (χ4n) is 2.14. The van der Waals surface area contributed by atoms with Crippen LogP contribution >= 0.6 is 0 Å². The maximum absolute atomic E-state index is 12.2. The topological polar surface area (TPSA) is 84.0 Å². The molecule has 6 nitrogen and oxygen atoms in total. The number of hydrogen-bond acceptors (Lipinski definition) is 5. The van der Waals surface area contributed by atoms with E-state index in [-0.39, 0.29) is 0 Å². The molecule has 0 bridgehead atoms. The van der Waals surface area contributed by atoms with Gasteiger partial charge in [0.05, 0.1) is 5.69 Å². The monoisotopic (exact) mass is 284 g/mol. The van der Waals surface area contributed by atoms with E-state index >= 15 is 0 Å². The predicted molar refractivity (Wildman–Crippen MR) is 73.0 cm³/mol. The fourth-order valence-corrected chi connectivity index (χ4v) is 3.29. The molecule has 2 N–H and O–H groups in total. The van der Waals surface area contributed by atoms with Gasteiger partial charge in [-0.25, -0.2) is 13.1 Å². The summed E-state index contributed by atoms with van der Waals surface area (Å²) in [5, 5.41) is 2.59. The second kappa shape index (κ2) is 6.40. The van der Waals surface area contributed by atoms with Crippen LogP contribution in [0.3, 0.4) is 0 Å². The molecule has 0 aliphatic carbocycles. The summed E-state index contributed by atoms with van der Waals surface area (Å²) in [5.41, 5.74) is 0.469. The molecule has 1 aliphatic rings. The average molecular weight is 284 g/mol. The summed E-state index contributed by atoms with van der Waals surface area (Å²) >= 11 is 0. The number of rotatable bonds is 5. The Balaban J connectivity index is 1.94. The molecule has 2 heterocycles. The summed E-state index contributed by atoms with van der Waals surface area (Å²) in [6.07, 6.45) is 6.70. The number of nitrogens with one attached hydrogen (secondary N) is 2. The van der Waals surface area contributed by atoms with Gasteiger partial charge in [0.15, 0.2) is 0 Å². The minimum absolute atomic E-state index is 0.373. The van der Waals surface area contributed by atoms with Crippen molar-refractivity contribution in [2.24, 2.45) is 5.92 Å². The Morgan fingerprint density at radius 3 is 3.00 bits per heavy atom. The van der Waals surface area contributed by atoms with Crippen LogP contribution in [0.25, 0.3) is 0 Å². The van der Waals surface area contributed by atoms with Crippen molar-refractivity contribution < 1.29 is 8.42 Å². The van der Waals surface area contributed by atoms with Crippen molar-refractivity contribution in [3.8, 4) is 0 Å². The van der Waals surface area contributed by atoms with E-state index in [1.807, 2.05) is 0 Å². The van der Waals surface area contributed by atoms with Gasteiger partial charge in [-0.2, -0.15) is 0 Å². The van der Waals surface area contributed by atoms with Gasteiger partial charge in [-0.3, -0.25) is 9.97 Å². The minimum atomic E-state index is -3.39. The van der Waals surface area contributed by atoms with Crippen molar-refractivity contribution in [3.63, 3.8) is 0 Å². The van der Waals surface area contributed by atoms with E-state index in [4.69, 9.17) is 0 Å². The van der Waals surface area contributed by atoms with E-state index in [0.29, 0.717) is 18.2 Å². The number of sulfonamides is 1. The van der Waals surface area contributed by atoms with Gasteiger partial charge in [-0.1, -0.05) is 0 Å². The zero-order valence-electron chi connectivity index (χ0n) is 11.0. The quantitative estimate of drug-likeness (QED) is 0.820. The highest BCUT2D eigenvalue weighted by Gasteiger charge is 2.25.